The van der Waals surface area contributed by atoms with Crippen molar-refractivity contribution in [3.8, 4) is 0 Å². The Labute approximate surface area is 126 Å². The molecule has 0 heterocycles. The third kappa shape index (κ3) is 3.68. The Hall–Kier alpha value is -1.65. The maximum atomic E-state index is 10.8. The van der Waals surface area contributed by atoms with Gasteiger partial charge in [-0.05, 0) is 36.2 Å². The fourth-order valence-electron chi connectivity index (χ4n) is 1.97. The van der Waals surface area contributed by atoms with Gasteiger partial charge in [0.15, 0.2) is 0 Å². The Balaban J connectivity index is 1.98. The molecule has 104 valence electrons. The molecule has 0 saturated carbocycles. The second-order valence-electron chi connectivity index (χ2n) is 4.63. The summed E-state index contributed by atoms with van der Waals surface area (Å²) in [5.74, 6) is -0.897. The van der Waals surface area contributed by atoms with Gasteiger partial charge in [0.25, 0.3) is 0 Å². The fourth-order valence-corrected chi connectivity index (χ4v) is 2.60. The van der Waals surface area contributed by atoms with Crippen molar-refractivity contribution in [3.05, 3.63) is 69.7 Å². The van der Waals surface area contributed by atoms with Crippen LogP contribution in [0, 0.1) is 0 Å². The standard InChI is InChI=1S/C16H16BrNO2/c1-11(14-4-2-3-5-15(14)17)18-10-12-6-8-13(9-7-12)16(19)20/h2-9,11,18H,10H2,1H3,(H,19,20)/t11-/m0/s1. The maximum absolute atomic E-state index is 10.8. The van der Waals surface area contributed by atoms with Crippen molar-refractivity contribution in [3.63, 3.8) is 0 Å². The third-order valence-electron chi connectivity index (χ3n) is 3.18. The zero-order valence-electron chi connectivity index (χ0n) is 11.1. The number of carbonyl (C=O) groups is 1. The molecule has 0 unspecified atom stereocenters. The van der Waals surface area contributed by atoms with E-state index in [1.807, 2.05) is 30.3 Å². The van der Waals surface area contributed by atoms with E-state index < -0.39 is 5.97 Å². The van der Waals surface area contributed by atoms with Gasteiger partial charge in [-0.1, -0.05) is 46.3 Å². The minimum absolute atomic E-state index is 0.213. The van der Waals surface area contributed by atoms with Crippen molar-refractivity contribution in [1.29, 1.82) is 0 Å². The Morgan fingerprint density at radius 1 is 1.20 bits per heavy atom. The van der Waals surface area contributed by atoms with E-state index in [-0.39, 0.29) is 6.04 Å². The van der Waals surface area contributed by atoms with Gasteiger partial charge in [-0.3, -0.25) is 0 Å². The lowest BCUT2D eigenvalue weighted by Gasteiger charge is -2.16. The highest BCUT2D eigenvalue weighted by Crippen LogP contribution is 2.22. The zero-order valence-corrected chi connectivity index (χ0v) is 12.7. The molecule has 2 rings (SSSR count). The van der Waals surface area contributed by atoms with Gasteiger partial charge in [0.05, 0.1) is 5.56 Å². The van der Waals surface area contributed by atoms with Crippen LogP contribution in [0.5, 0.6) is 0 Å². The van der Waals surface area contributed by atoms with Crippen LogP contribution in [0.25, 0.3) is 0 Å². The number of carboxylic acid groups (broad SMARTS) is 1. The number of rotatable bonds is 5. The van der Waals surface area contributed by atoms with Gasteiger partial charge in [-0.25, -0.2) is 4.79 Å². The molecule has 2 N–H and O–H groups in total. The highest BCUT2D eigenvalue weighted by atomic mass is 79.9. The third-order valence-corrected chi connectivity index (χ3v) is 3.91. The van der Waals surface area contributed by atoms with Crippen LogP contribution in [0.15, 0.2) is 53.0 Å². The Morgan fingerprint density at radius 3 is 2.45 bits per heavy atom. The number of halogens is 1. The largest absolute Gasteiger partial charge is 0.478 e. The van der Waals surface area contributed by atoms with Gasteiger partial charge < -0.3 is 10.4 Å². The highest BCUT2D eigenvalue weighted by Gasteiger charge is 2.08. The van der Waals surface area contributed by atoms with E-state index in [9.17, 15) is 4.79 Å². The van der Waals surface area contributed by atoms with Gasteiger partial charge >= 0.3 is 5.97 Å². The van der Waals surface area contributed by atoms with Crippen LogP contribution in [-0.4, -0.2) is 11.1 Å². The van der Waals surface area contributed by atoms with Gasteiger partial charge in [-0.15, -0.1) is 0 Å². The van der Waals surface area contributed by atoms with E-state index in [2.05, 4.69) is 34.2 Å². The predicted molar refractivity (Wildman–Crippen MR) is 82.8 cm³/mol. The van der Waals surface area contributed by atoms with Crippen LogP contribution in [0.2, 0.25) is 0 Å². The number of hydrogen-bond acceptors (Lipinski definition) is 2. The Kier molecular flexibility index (Phi) is 4.93. The number of nitrogens with one attached hydrogen (secondary N) is 1. The minimum atomic E-state index is -0.897. The van der Waals surface area contributed by atoms with Gasteiger partial charge in [-0.2, -0.15) is 0 Å². The van der Waals surface area contributed by atoms with Crippen molar-refractivity contribution < 1.29 is 9.90 Å². The molecule has 0 radical (unpaired) electrons. The van der Waals surface area contributed by atoms with E-state index in [4.69, 9.17) is 5.11 Å². The minimum Gasteiger partial charge on any atom is -0.478 e. The van der Waals surface area contributed by atoms with Crippen LogP contribution in [0.3, 0.4) is 0 Å². The topological polar surface area (TPSA) is 49.3 Å². The fraction of sp³-hybridized carbons (Fsp3) is 0.188. The molecule has 0 aliphatic heterocycles. The first-order valence-corrected chi connectivity index (χ1v) is 7.17. The molecule has 0 spiro atoms. The molecule has 2 aromatic rings. The summed E-state index contributed by atoms with van der Waals surface area (Å²) >= 11 is 3.54. The molecular formula is C16H16BrNO2. The Morgan fingerprint density at radius 2 is 1.85 bits per heavy atom. The smallest absolute Gasteiger partial charge is 0.335 e. The normalized spacial score (nSPS) is 12.1. The van der Waals surface area contributed by atoms with Crippen molar-refractivity contribution in [2.45, 2.75) is 19.5 Å². The van der Waals surface area contributed by atoms with Crippen LogP contribution in [0.4, 0.5) is 0 Å². The summed E-state index contributed by atoms with van der Waals surface area (Å²) in [7, 11) is 0. The molecule has 20 heavy (non-hydrogen) atoms. The van der Waals surface area contributed by atoms with Crippen molar-refractivity contribution in [2.24, 2.45) is 0 Å². The predicted octanol–water partition coefficient (Wildman–Crippen LogP) is 4.00. The lowest BCUT2D eigenvalue weighted by atomic mass is 10.1. The van der Waals surface area contributed by atoms with E-state index in [0.717, 1.165) is 10.0 Å². The zero-order chi connectivity index (χ0) is 14.5. The SMILES string of the molecule is C[C@H](NCc1ccc(C(=O)O)cc1)c1ccccc1Br. The summed E-state index contributed by atoms with van der Waals surface area (Å²) in [4.78, 5) is 10.8. The van der Waals surface area contributed by atoms with Gasteiger partial charge in [0, 0.05) is 17.1 Å². The summed E-state index contributed by atoms with van der Waals surface area (Å²) in [6, 6.07) is 15.2. The molecule has 4 heteroatoms. The summed E-state index contributed by atoms with van der Waals surface area (Å²) in [5, 5.41) is 12.3. The molecule has 3 nitrogen and oxygen atoms in total. The summed E-state index contributed by atoms with van der Waals surface area (Å²) in [6.07, 6.45) is 0. The average Bonchev–Trinajstić information content (AvgIpc) is 2.45. The Bertz CT molecular complexity index is 596. The summed E-state index contributed by atoms with van der Waals surface area (Å²) < 4.78 is 1.08. The summed E-state index contributed by atoms with van der Waals surface area (Å²) in [5.41, 5.74) is 2.58. The van der Waals surface area contributed by atoms with E-state index in [1.54, 1.807) is 12.1 Å². The molecule has 1 atom stereocenters. The van der Waals surface area contributed by atoms with E-state index >= 15 is 0 Å². The molecule has 0 amide bonds. The van der Waals surface area contributed by atoms with Gasteiger partial charge in [0.2, 0.25) is 0 Å². The monoisotopic (exact) mass is 333 g/mol. The highest BCUT2D eigenvalue weighted by molar-refractivity contribution is 9.10. The number of aromatic carboxylic acids is 1. The van der Waals surface area contributed by atoms with Gasteiger partial charge in [0.1, 0.15) is 0 Å². The molecular weight excluding hydrogens is 318 g/mol. The van der Waals surface area contributed by atoms with Crippen LogP contribution < -0.4 is 5.32 Å². The van der Waals surface area contributed by atoms with Crippen molar-refractivity contribution in [1.82, 2.24) is 5.32 Å². The second kappa shape index (κ2) is 6.68. The second-order valence-corrected chi connectivity index (χ2v) is 5.48. The number of benzene rings is 2. The molecule has 0 aromatic heterocycles. The summed E-state index contributed by atoms with van der Waals surface area (Å²) in [6.45, 7) is 2.80. The first-order chi connectivity index (χ1) is 9.58. The lowest BCUT2D eigenvalue weighted by molar-refractivity contribution is 0.0697. The first-order valence-electron chi connectivity index (χ1n) is 6.38. The average molecular weight is 334 g/mol. The van der Waals surface area contributed by atoms with E-state index in [1.165, 1.54) is 5.56 Å². The quantitative estimate of drug-likeness (QED) is 0.869. The van der Waals surface area contributed by atoms with Crippen LogP contribution in [0.1, 0.15) is 34.5 Å². The molecule has 0 aliphatic carbocycles. The van der Waals surface area contributed by atoms with Crippen LogP contribution >= 0.6 is 15.9 Å². The lowest BCUT2D eigenvalue weighted by Crippen LogP contribution is -2.18. The molecule has 0 bridgehead atoms. The van der Waals surface area contributed by atoms with Crippen molar-refractivity contribution in [2.75, 3.05) is 0 Å². The molecule has 0 saturated heterocycles. The van der Waals surface area contributed by atoms with Crippen LogP contribution in [-0.2, 0) is 6.54 Å². The van der Waals surface area contributed by atoms with E-state index in [0.29, 0.717) is 12.1 Å². The number of hydrogen-bond donors (Lipinski definition) is 2. The molecule has 0 fully saturated rings. The molecule has 0 aliphatic rings. The molecule has 2 aromatic carbocycles. The number of carboxylic acids is 1. The maximum Gasteiger partial charge on any atom is 0.335 e. The first kappa shape index (κ1) is 14.8. The van der Waals surface area contributed by atoms with Crippen molar-refractivity contribution >= 4 is 21.9 Å².